The number of rotatable bonds is 7. The quantitative estimate of drug-likeness (QED) is 0.540. The normalized spacial score (nSPS) is 37.5. The minimum Gasteiger partial charge on any atom is -0.158 e. The summed E-state index contributed by atoms with van der Waals surface area (Å²) in [7, 11) is 0. The molecule has 0 spiro atoms. The number of hydrogen-bond donors (Lipinski definition) is 0. The SMILES string of the molecule is C=C(CC)CCC1CCC2C(SCC3CC3)CCC12. The molecule has 0 radical (unpaired) electrons. The van der Waals surface area contributed by atoms with Crippen molar-refractivity contribution >= 4 is 11.8 Å². The first-order valence-electron chi connectivity index (χ1n) is 8.56. The number of thioether (sulfide) groups is 1. The van der Waals surface area contributed by atoms with Crippen LogP contribution in [-0.4, -0.2) is 11.0 Å². The van der Waals surface area contributed by atoms with E-state index >= 15 is 0 Å². The highest BCUT2D eigenvalue weighted by atomic mass is 32.2. The van der Waals surface area contributed by atoms with Gasteiger partial charge in [-0.25, -0.2) is 0 Å². The van der Waals surface area contributed by atoms with E-state index in [2.05, 4.69) is 25.3 Å². The van der Waals surface area contributed by atoms with Crippen molar-refractivity contribution in [2.24, 2.45) is 23.7 Å². The minimum atomic E-state index is 1.03. The molecule has 3 fully saturated rings. The fourth-order valence-corrected chi connectivity index (χ4v) is 6.08. The van der Waals surface area contributed by atoms with Gasteiger partial charge in [-0.2, -0.15) is 11.8 Å². The maximum absolute atomic E-state index is 4.19. The summed E-state index contributed by atoms with van der Waals surface area (Å²) in [5.74, 6) is 5.80. The summed E-state index contributed by atoms with van der Waals surface area (Å²) < 4.78 is 0. The van der Waals surface area contributed by atoms with Gasteiger partial charge in [0, 0.05) is 5.25 Å². The lowest BCUT2D eigenvalue weighted by Crippen LogP contribution is -2.15. The van der Waals surface area contributed by atoms with E-state index in [1.54, 1.807) is 0 Å². The molecule has 0 saturated heterocycles. The predicted octanol–water partition coefficient (Wildman–Crippen LogP) is 5.68. The topological polar surface area (TPSA) is 0 Å². The van der Waals surface area contributed by atoms with Crippen LogP contribution in [0.1, 0.15) is 64.7 Å². The van der Waals surface area contributed by atoms with Gasteiger partial charge >= 0.3 is 0 Å². The van der Waals surface area contributed by atoms with Crippen LogP contribution in [0.4, 0.5) is 0 Å². The van der Waals surface area contributed by atoms with E-state index in [4.69, 9.17) is 0 Å². The molecule has 4 unspecified atom stereocenters. The van der Waals surface area contributed by atoms with Crippen molar-refractivity contribution in [3.63, 3.8) is 0 Å². The lowest BCUT2D eigenvalue weighted by atomic mass is 9.87. The Bertz CT molecular complexity index is 318. The summed E-state index contributed by atoms with van der Waals surface area (Å²) >= 11 is 2.34. The third-order valence-corrected chi connectivity index (χ3v) is 7.58. The second-order valence-electron chi connectivity index (χ2n) is 7.20. The summed E-state index contributed by atoms with van der Waals surface area (Å²) in [6.07, 6.45) is 13.1. The Morgan fingerprint density at radius 2 is 1.84 bits per heavy atom. The van der Waals surface area contributed by atoms with Gasteiger partial charge in [0.1, 0.15) is 0 Å². The fourth-order valence-electron chi connectivity index (χ4n) is 4.34. The zero-order valence-electron chi connectivity index (χ0n) is 12.6. The van der Waals surface area contributed by atoms with Gasteiger partial charge in [-0.05, 0) is 87.2 Å². The molecule has 0 aromatic heterocycles. The second kappa shape index (κ2) is 6.24. The molecule has 3 rings (SSSR count). The Balaban J connectivity index is 1.45. The maximum Gasteiger partial charge on any atom is 0.00782 e. The van der Waals surface area contributed by atoms with Crippen LogP contribution in [0.5, 0.6) is 0 Å². The first kappa shape index (κ1) is 14.0. The van der Waals surface area contributed by atoms with Gasteiger partial charge in [0.05, 0.1) is 0 Å². The van der Waals surface area contributed by atoms with Gasteiger partial charge in [0.25, 0.3) is 0 Å². The van der Waals surface area contributed by atoms with E-state index in [1.807, 2.05) is 0 Å². The zero-order chi connectivity index (χ0) is 13.2. The molecular weight excluding hydrogens is 248 g/mol. The Hall–Kier alpha value is 0.0900. The highest BCUT2D eigenvalue weighted by Crippen LogP contribution is 2.53. The summed E-state index contributed by atoms with van der Waals surface area (Å²) in [5, 5.41) is 1.03. The molecule has 0 amide bonds. The van der Waals surface area contributed by atoms with Crippen LogP contribution in [0.3, 0.4) is 0 Å². The van der Waals surface area contributed by atoms with E-state index < -0.39 is 0 Å². The van der Waals surface area contributed by atoms with Crippen LogP contribution in [0.2, 0.25) is 0 Å². The van der Waals surface area contributed by atoms with Crippen LogP contribution < -0.4 is 0 Å². The minimum absolute atomic E-state index is 1.03. The molecule has 0 nitrogen and oxygen atoms in total. The fraction of sp³-hybridized carbons (Fsp3) is 0.889. The Morgan fingerprint density at radius 3 is 2.58 bits per heavy atom. The zero-order valence-corrected chi connectivity index (χ0v) is 13.4. The molecule has 4 atom stereocenters. The Labute approximate surface area is 123 Å². The first-order valence-corrected chi connectivity index (χ1v) is 9.61. The first-order chi connectivity index (χ1) is 9.28. The number of allylic oxidation sites excluding steroid dienone is 1. The molecule has 3 saturated carbocycles. The molecular formula is C18H30S. The summed E-state index contributed by atoms with van der Waals surface area (Å²) in [6, 6.07) is 0. The van der Waals surface area contributed by atoms with Crippen LogP contribution in [0, 0.1) is 23.7 Å². The smallest absolute Gasteiger partial charge is 0.00782 e. The summed E-state index contributed by atoms with van der Waals surface area (Å²) in [6.45, 7) is 6.44. The molecule has 0 aromatic carbocycles. The van der Waals surface area contributed by atoms with E-state index in [0.717, 1.165) is 28.9 Å². The van der Waals surface area contributed by atoms with Crippen molar-refractivity contribution < 1.29 is 0 Å². The molecule has 0 N–H and O–H groups in total. The maximum atomic E-state index is 4.19. The van der Waals surface area contributed by atoms with Crippen LogP contribution >= 0.6 is 11.8 Å². The average Bonchev–Trinajstić information content (AvgIpc) is 3.03. The van der Waals surface area contributed by atoms with Gasteiger partial charge in [0.2, 0.25) is 0 Å². The molecule has 19 heavy (non-hydrogen) atoms. The van der Waals surface area contributed by atoms with Crippen molar-refractivity contribution in [1.29, 1.82) is 0 Å². The standard InChI is InChI=1S/C18H30S/c1-3-13(2)4-7-15-8-9-17-16(15)10-11-18(17)19-12-14-5-6-14/h14-18H,2-12H2,1H3. The van der Waals surface area contributed by atoms with Crippen molar-refractivity contribution in [2.75, 3.05) is 5.75 Å². The number of fused-ring (bicyclic) bond motifs is 1. The summed E-state index contributed by atoms with van der Waals surface area (Å²) in [4.78, 5) is 0. The van der Waals surface area contributed by atoms with Gasteiger partial charge in [-0.1, -0.05) is 19.1 Å². The van der Waals surface area contributed by atoms with Gasteiger partial charge in [-0.3, -0.25) is 0 Å². The van der Waals surface area contributed by atoms with Crippen molar-refractivity contribution in [3.05, 3.63) is 12.2 Å². The lowest BCUT2D eigenvalue weighted by Gasteiger charge is -2.21. The Kier molecular flexibility index (Phi) is 4.62. The van der Waals surface area contributed by atoms with E-state index in [1.165, 1.54) is 69.1 Å². The molecule has 3 aliphatic rings. The third kappa shape index (κ3) is 3.40. The van der Waals surface area contributed by atoms with Crippen molar-refractivity contribution in [1.82, 2.24) is 0 Å². The highest BCUT2D eigenvalue weighted by molar-refractivity contribution is 7.99. The molecule has 0 bridgehead atoms. The Morgan fingerprint density at radius 1 is 1.05 bits per heavy atom. The molecule has 3 aliphatic carbocycles. The molecule has 0 aliphatic heterocycles. The molecule has 1 heteroatoms. The van der Waals surface area contributed by atoms with Crippen LogP contribution in [0.15, 0.2) is 12.2 Å². The van der Waals surface area contributed by atoms with Gasteiger partial charge < -0.3 is 0 Å². The largest absolute Gasteiger partial charge is 0.158 e. The second-order valence-corrected chi connectivity index (χ2v) is 8.47. The van der Waals surface area contributed by atoms with E-state index in [0.29, 0.717) is 0 Å². The van der Waals surface area contributed by atoms with E-state index in [-0.39, 0.29) is 0 Å². The van der Waals surface area contributed by atoms with Gasteiger partial charge in [0.15, 0.2) is 0 Å². The molecule has 108 valence electrons. The monoisotopic (exact) mass is 278 g/mol. The summed E-state index contributed by atoms with van der Waals surface area (Å²) in [5.41, 5.74) is 1.47. The highest BCUT2D eigenvalue weighted by Gasteiger charge is 2.44. The lowest BCUT2D eigenvalue weighted by molar-refractivity contribution is 0.335. The van der Waals surface area contributed by atoms with Crippen LogP contribution in [0.25, 0.3) is 0 Å². The predicted molar refractivity (Wildman–Crippen MR) is 86.6 cm³/mol. The van der Waals surface area contributed by atoms with Crippen molar-refractivity contribution in [3.8, 4) is 0 Å². The van der Waals surface area contributed by atoms with Crippen molar-refractivity contribution in [2.45, 2.75) is 70.0 Å². The van der Waals surface area contributed by atoms with Gasteiger partial charge in [-0.15, -0.1) is 0 Å². The molecule has 0 heterocycles. The third-order valence-electron chi connectivity index (χ3n) is 5.90. The van der Waals surface area contributed by atoms with E-state index in [9.17, 15) is 0 Å². The number of hydrogen-bond acceptors (Lipinski definition) is 1. The average molecular weight is 279 g/mol. The molecule has 0 aromatic rings. The van der Waals surface area contributed by atoms with Crippen LogP contribution in [-0.2, 0) is 0 Å².